The number of hydrogen-bond donors (Lipinski definition) is 2. The molecule has 0 radical (unpaired) electrons. The van der Waals surface area contributed by atoms with E-state index in [1.165, 1.54) is 0 Å². The molecule has 3 N–H and O–H groups in total. The Morgan fingerprint density at radius 2 is 1.89 bits per heavy atom. The van der Waals surface area contributed by atoms with Gasteiger partial charge >= 0.3 is 0 Å². The lowest BCUT2D eigenvalue weighted by molar-refractivity contribution is -0.112. The monoisotopic (exact) mass is 315 g/mol. The van der Waals surface area contributed by atoms with Gasteiger partial charge in [-0.05, 0) is 29.8 Å². The van der Waals surface area contributed by atoms with Crippen LogP contribution < -0.4 is 11.2 Å². The van der Waals surface area contributed by atoms with Gasteiger partial charge in [0.05, 0.1) is 21.3 Å². The molecule has 1 aromatic rings. The van der Waals surface area contributed by atoms with Crippen LogP contribution in [0.3, 0.4) is 0 Å². The molecule has 0 unspecified atom stereocenters. The first-order valence-corrected chi connectivity index (χ1v) is 6.29. The van der Waals surface area contributed by atoms with E-state index in [-0.39, 0.29) is 10.7 Å². The minimum atomic E-state index is -0.612. The molecule has 1 heterocycles. The molecular weight excluding hydrogens is 309 g/mol. The molecule has 0 aliphatic carbocycles. The van der Waals surface area contributed by atoms with Gasteiger partial charge < -0.3 is 5.73 Å². The van der Waals surface area contributed by atoms with Crippen LogP contribution in [-0.4, -0.2) is 11.1 Å². The molecule has 19 heavy (non-hydrogen) atoms. The molecule has 0 saturated heterocycles. The Hall–Kier alpha value is -1.49. The van der Waals surface area contributed by atoms with Gasteiger partial charge in [0, 0.05) is 0 Å². The van der Waals surface area contributed by atoms with Gasteiger partial charge in [0.2, 0.25) is 0 Å². The van der Waals surface area contributed by atoms with Crippen LogP contribution in [0, 0.1) is 0 Å². The fourth-order valence-electron chi connectivity index (χ4n) is 1.56. The van der Waals surface area contributed by atoms with Gasteiger partial charge in [-0.15, -0.1) is 0 Å². The minimum Gasteiger partial charge on any atom is -0.366 e. The van der Waals surface area contributed by atoms with Gasteiger partial charge in [-0.2, -0.15) is 5.10 Å². The van der Waals surface area contributed by atoms with Gasteiger partial charge in [-0.1, -0.05) is 40.9 Å². The van der Waals surface area contributed by atoms with Crippen LogP contribution in [0.15, 0.2) is 41.1 Å². The molecule has 0 saturated carbocycles. The predicted molar refractivity (Wildman–Crippen MR) is 78.1 cm³/mol. The van der Waals surface area contributed by atoms with Crippen molar-refractivity contribution in [2.75, 3.05) is 0 Å². The third-order valence-corrected chi connectivity index (χ3v) is 3.34. The third kappa shape index (κ3) is 3.10. The van der Waals surface area contributed by atoms with E-state index in [9.17, 15) is 4.79 Å². The zero-order valence-corrected chi connectivity index (χ0v) is 11.7. The summed E-state index contributed by atoms with van der Waals surface area (Å²) in [5.41, 5.74) is 9.29. The molecular formula is C12H8Cl3N3O. The predicted octanol–water partition coefficient (Wildman–Crippen LogP) is 2.90. The Balaban J connectivity index is 2.53. The van der Waals surface area contributed by atoms with E-state index in [1.54, 1.807) is 30.4 Å². The van der Waals surface area contributed by atoms with E-state index in [2.05, 4.69) is 10.5 Å². The molecule has 2 rings (SSSR count). The molecule has 0 fully saturated rings. The average molecular weight is 317 g/mol. The van der Waals surface area contributed by atoms with E-state index >= 15 is 0 Å². The zero-order chi connectivity index (χ0) is 14.0. The number of amides is 1. The maximum atomic E-state index is 11.6. The molecule has 0 spiro atoms. The number of carbonyl (C=O) groups excluding carboxylic acids is 1. The van der Waals surface area contributed by atoms with Crippen LogP contribution in [0.5, 0.6) is 0 Å². The summed E-state index contributed by atoms with van der Waals surface area (Å²) in [7, 11) is 0. The Morgan fingerprint density at radius 1 is 1.16 bits per heavy atom. The summed E-state index contributed by atoms with van der Waals surface area (Å²) in [6.07, 6.45) is 3.16. The number of primary amides is 1. The molecule has 98 valence electrons. The van der Waals surface area contributed by atoms with Gasteiger partial charge in [0.25, 0.3) is 5.91 Å². The molecule has 0 atom stereocenters. The van der Waals surface area contributed by atoms with Crippen molar-refractivity contribution in [3.63, 3.8) is 0 Å². The highest BCUT2D eigenvalue weighted by Gasteiger charge is 2.16. The van der Waals surface area contributed by atoms with E-state index in [4.69, 9.17) is 40.5 Å². The topological polar surface area (TPSA) is 67.5 Å². The van der Waals surface area contributed by atoms with Crippen molar-refractivity contribution in [2.24, 2.45) is 10.8 Å². The van der Waals surface area contributed by atoms with Crippen LogP contribution >= 0.6 is 34.8 Å². The Labute approximate surface area is 124 Å². The zero-order valence-electron chi connectivity index (χ0n) is 9.45. The SMILES string of the molecule is NC(=O)/C(=C1/C=CC(Cl)=NN1)c1ccc(Cl)c(Cl)c1. The summed E-state index contributed by atoms with van der Waals surface area (Å²) in [4.78, 5) is 11.6. The summed E-state index contributed by atoms with van der Waals surface area (Å²) in [6, 6.07) is 4.80. The Morgan fingerprint density at radius 3 is 2.42 bits per heavy atom. The molecule has 4 nitrogen and oxygen atoms in total. The number of halogens is 3. The van der Waals surface area contributed by atoms with Gasteiger partial charge in [-0.3, -0.25) is 10.2 Å². The quantitative estimate of drug-likeness (QED) is 0.824. The number of allylic oxidation sites excluding steroid dienone is 2. The lowest BCUT2D eigenvalue weighted by atomic mass is 10.0. The number of hydrogen-bond acceptors (Lipinski definition) is 3. The number of nitrogens with two attached hydrogens (primary N) is 1. The molecule has 1 aliphatic heterocycles. The minimum absolute atomic E-state index is 0.253. The number of rotatable bonds is 2. The highest BCUT2D eigenvalue weighted by Crippen LogP contribution is 2.27. The first kappa shape index (κ1) is 13.9. The number of hydrazone groups is 1. The second-order valence-electron chi connectivity index (χ2n) is 3.66. The number of nitrogens with zero attached hydrogens (tertiary/aromatic N) is 1. The standard InChI is InChI=1S/C12H8Cl3N3O/c13-7-2-1-6(5-8(7)14)11(12(16)19)9-3-4-10(15)18-17-9/h1-5,17H,(H2,16,19)/b11-9-. The molecule has 1 aromatic carbocycles. The van der Waals surface area contributed by atoms with Crippen molar-refractivity contribution in [1.29, 1.82) is 0 Å². The van der Waals surface area contributed by atoms with E-state index in [0.29, 0.717) is 21.3 Å². The lowest BCUT2D eigenvalue weighted by Crippen LogP contribution is -2.20. The van der Waals surface area contributed by atoms with Crippen LogP contribution in [-0.2, 0) is 4.79 Å². The number of carbonyl (C=O) groups is 1. The molecule has 1 amide bonds. The first-order valence-electron chi connectivity index (χ1n) is 5.16. The van der Waals surface area contributed by atoms with Crippen molar-refractivity contribution in [2.45, 2.75) is 0 Å². The van der Waals surface area contributed by atoms with Crippen molar-refractivity contribution in [1.82, 2.24) is 5.43 Å². The van der Waals surface area contributed by atoms with Crippen LogP contribution in [0.2, 0.25) is 10.0 Å². The number of benzene rings is 1. The lowest BCUT2D eigenvalue weighted by Gasteiger charge is -2.13. The fraction of sp³-hybridized carbons (Fsp3) is 0. The molecule has 1 aliphatic rings. The number of nitrogens with one attached hydrogen (secondary N) is 1. The van der Waals surface area contributed by atoms with E-state index in [0.717, 1.165) is 0 Å². The molecule has 7 heteroatoms. The smallest absolute Gasteiger partial charge is 0.251 e. The molecule has 0 aromatic heterocycles. The van der Waals surface area contributed by atoms with Crippen molar-refractivity contribution in [3.8, 4) is 0 Å². The summed E-state index contributed by atoms with van der Waals surface area (Å²) in [5, 5.41) is 4.81. The summed E-state index contributed by atoms with van der Waals surface area (Å²) in [6.45, 7) is 0. The third-order valence-electron chi connectivity index (χ3n) is 2.39. The van der Waals surface area contributed by atoms with E-state index in [1.807, 2.05) is 0 Å². The van der Waals surface area contributed by atoms with Crippen molar-refractivity contribution in [3.05, 3.63) is 51.7 Å². The first-order chi connectivity index (χ1) is 8.99. The summed E-state index contributed by atoms with van der Waals surface area (Å²) < 4.78 is 0. The summed E-state index contributed by atoms with van der Waals surface area (Å²) in [5.74, 6) is -0.612. The Kier molecular flexibility index (Phi) is 4.14. The molecule has 0 bridgehead atoms. The van der Waals surface area contributed by atoms with Gasteiger partial charge in [0.1, 0.15) is 5.17 Å². The average Bonchev–Trinajstić information content (AvgIpc) is 2.36. The van der Waals surface area contributed by atoms with Gasteiger partial charge in [-0.25, -0.2) is 0 Å². The largest absolute Gasteiger partial charge is 0.366 e. The van der Waals surface area contributed by atoms with Crippen molar-refractivity contribution >= 4 is 51.5 Å². The second-order valence-corrected chi connectivity index (χ2v) is 4.86. The Bertz CT molecular complexity index is 635. The van der Waals surface area contributed by atoms with Crippen LogP contribution in [0.25, 0.3) is 5.57 Å². The maximum absolute atomic E-state index is 11.6. The van der Waals surface area contributed by atoms with Crippen LogP contribution in [0.1, 0.15) is 5.56 Å². The van der Waals surface area contributed by atoms with Crippen LogP contribution in [0.4, 0.5) is 0 Å². The second kappa shape index (κ2) is 5.65. The van der Waals surface area contributed by atoms with Gasteiger partial charge in [0.15, 0.2) is 0 Å². The van der Waals surface area contributed by atoms with Crippen molar-refractivity contribution < 1.29 is 4.79 Å². The summed E-state index contributed by atoms with van der Waals surface area (Å²) >= 11 is 17.4. The highest BCUT2D eigenvalue weighted by atomic mass is 35.5. The fourth-order valence-corrected chi connectivity index (χ4v) is 1.96. The maximum Gasteiger partial charge on any atom is 0.251 e. The van der Waals surface area contributed by atoms with E-state index < -0.39 is 5.91 Å². The highest BCUT2D eigenvalue weighted by molar-refractivity contribution is 6.68. The normalized spacial score (nSPS) is 16.7.